The zero-order chi connectivity index (χ0) is 15.7. The number of fused-ring (bicyclic) bond motifs is 1. The van der Waals surface area contributed by atoms with Crippen LogP contribution in [0, 0.1) is 5.92 Å². The van der Waals surface area contributed by atoms with Gasteiger partial charge in [0.1, 0.15) is 13.2 Å². The molecule has 1 N–H and O–H groups in total. The average molecular weight is 304 g/mol. The molecule has 6 nitrogen and oxygen atoms in total. The number of benzene rings is 1. The Labute approximate surface area is 129 Å². The predicted octanol–water partition coefficient (Wildman–Crippen LogP) is 1.34. The third-order valence-electron chi connectivity index (χ3n) is 3.83. The van der Waals surface area contributed by atoms with Crippen molar-refractivity contribution in [3.8, 4) is 11.5 Å². The van der Waals surface area contributed by atoms with Crippen LogP contribution in [0.1, 0.15) is 20.3 Å². The molecular weight excluding hydrogens is 284 g/mol. The zero-order valence-corrected chi connectivity index (χ0v) is 12.8. The Balaban J connectivity index is 1.72. The van der Waals surface area contributed by atoms with Gasteiger partial charge >= 0.3 is 0 Å². The van der Waals surface area contributed by atoms with Crippen LogP contribution < -0.4 is 19.7 Å². The summed E-state index contributed by atoms with van der Waals surface area (Å²) in [4.78, 5) is 25.7. The molecular formula is C16H20N2O4. The zero-order valence-electron chi connectivity index (χ0n) is 12.8. The number of hydrogen-bond acceptors (Lipinski definition) is 4. The Morgan fingerprint density at radius 1 is 1.27 bits per heavy atom. The number of anilines is 1. The van der Waals surface area contributed by atoms with Gasteiger partial charge in [-0.15, -0.1) is 0 Å². The van der Waals surface area contributed by atoms with E-state index in [2.05, 4.69) is 5.32 Å². The Bertz CT molecular complexity index is 600. The first-order valence-corrected chi connectivity index (χ1v) is 7.55. The Hall–Kier alpha value is -2.24. The van der Waals surface area contributed by atoms with Crippen LogP contribution in [-0.4, -0.2) is 37.6 Å². The van der Waals surface area contributed by atoms with Crippen molar-refractivity contribution in [1.29, 1.82) is 0 Å². The summed E-state index contributed by atoms with van der Waals surface area (Å²) in [6.45, 7) is 5.21. The largest absolute Gasteiger partial charge is 0.486 e. The third kappa shape index (κ3) is 2.86. The van der Waals surface area contributed by atoms with Crippen LogP contribution >= 0.6 is 0 Å². The molecule has 118 valence electrons. The van der Waals surface area contributed by atoms with Crippen LogP contribution in [0.25, 0.3) is 0 Å². The summed E-state index contributed by atoms with van der Waals surface area (Å²) < 4.78 is 11.0. The standard InChI is InChI=1S/C16H20N2O4/c1-10(2)16(20)17-11-7-15(19)18(9-11)12-3-4-13-14(8-12)22-6-5-21-13/h3-4,8,10-11H,5-7,9H2,1-2H3,(H,17,20). The van der Waals surface area contributed by atoms with E-state index in [1.807, 2.05) is 32.0 Å². The van der Waals surface area contributed by atoms with Gasteiger partial charge in [-0.05, 0) is 12.1 Å². The van der Waals surface area contributed by atoms with Crippen molar-refractivity contribution in [1.82, 2.24) is 5.32 Å². The van der Waals surface area contributed by atoms with Gasteiger partial charge in [0, 0.05) is 30.6 Å². The fourth-order valence-corrected chi connectivity index (χ4v) is 2.62. The Morgan fingerprint density at radius 2 is 2.00 bits per heavy atom. The summed E-state index contributed by atoms with van der Waals surface area (Å²) in [7, 11) is 0. The molecule has 2 amide bonds. The summed E-state index contributed by atoms with van der Waals surface area (Å²) in [5.74, 6) is 1.25. The van der Waals surface area contributed by atoms with Crippen LogP contribution in [-0.2, 0) is 9.59 Å². The molecule has 22 heavy (non-hydrogen) atoms. The maximum atomic E-state index is 12.2. The lowest BCUT2D eigenvalue weighted by atomic mass is 10.2. The summed E-state index contributed by atoms with van der Waals surface area (Å²) in [5.41, 5.74) is 0.774. The van der Waals surface area contributed by atoms with Gasteiger partial charge in [-0.2, -0.15) is 0 Å². The molecule has 1 atom stereocenters. The lowest BCUT2D eigenvalue weighted by Crippen LogP contribution is -2.39. The lowest BCUT2D eigenvalue weighted by molar-refractivity contribution is -0.124. The van der Waals surface area contributed by atoms with Gasteiger partial charge in [-0.3, -0.25) is 9.59 Å². The lowest BCUT2D eigenvalue weighted by Gasteiger charge is -2.22. The van der Waals surface area contributed by atoms with E-state index in [1.54, 1.807) is 4.90 Å². The van der Waals surface area contributed by atoms with Gasteiger partial charge in [0.15, 0.2) is 11.5 Å². The number of amides is 2. The van der Waals surface area contributed by atoms with E-state index in [4.69, 9.17) is 9.47 Å². The van der Waals surface area contributed by atoms with E-state index in [0.29, 0.717) is 37.7 Å². The molecule has 1 unspecified atom stereocenters. The van der Waals surface area contributed by atoms with Crippen LogP contribution in [0.5, 0.6) is 11.5 Å². The van der Waals surface area contributed by atoms with Crippen molar-refractivity contribution in [2.24, 2.45) is 5.92 Å². The smallest absolute Gasteiger partial charge is 0.229 e. The normalized spacial score (nSPS) is 20.4. The maximum absolute atomic E-state index is 12.2. The van der Waals surface area contributed by atoms with Gasteiger partial charge in [0.05, 0.1) is 6.04 Å². The van der Waals surface area contributed by atoms with E-state index >= 15 is 0 Å². The minimum Gasteiger partial charge on any atom is -0.486 e. The van der Waals surface area contributed by atoms with Crippen molar-refractivity contribution in [2.45, 2.75) is 26.3 Å². The maximum Gasteiger partial charge on any atom is 0.229 e. The highest BCUT2D eigenvalue weighted by atomic mass is 16.6. The molecule has 2 aliphatic heterocycles. The van der Waals surface area contributed by atoms with Crippen LogP contribution in [0.4, 0.5) is 5.69 Å². The molecule has 0 radical (unpaired) electrons. The molecule has 6 heteroatoms. The fraction of sp³-hybridized carbons (Fsp3) is 0.500. The van der Waals surface area contributed by atoms with E-state index in [9.17, 15) is 9.59 Å². The number of hydrogen-bond donors (Lipinski definition) is 1. The highest BCUT2D eigenvalue weighted by Crippen LogP contribution is 2.35. The molecule has 0 aliphatic carbocycles. The first kappa shape index (κ1) is 14.7. The number of carbonyl (C=O) groups is 2. The van der Waals surface area contributed by atoms with Crippen molar-refractivity contribution in [3.63, 3.8) is 0 Å². The van der Waals surface area contributed by atoms with E-state index in [1.165, 1.54) is 0 Å². The minimum absolute atomic E-state index is 0.00531. The molecule has 0 spiro atoms. The van der Waals surface area contributed by atoms with E-state index in [0.717, 1.165) is 5.69 Å². The first-order valence-electron chi connectivity index (χ1n) is 7.55. The quantitative estimate of drug-likeness (QED) is 0.915. The molecule has 3 rings (SSSR count). The SMILES string of the molecule is CC(C)C(=O)NC1CC(=O)N(c2ccc3c(c2)OCCO3)C1. The number of nitrogens with zero attached hydrogens (tertiary/aromatic N) is 1. The number of rotatable bonds is 3. The number of ether oxygens (including phenoxy) is 2. The van der Waals surface area contributed by atoms with Crippen molar-refractivity contribution < 1.29 is 19.1 Å². The summed E-state index contributed by atoms with van der Waals surface area (Å²) in [5, 5.41) is 2.91. The van der Waals surface area contributed by atoms with Gasteiger partial charge in [0.25, 0.3) is 0 Å². The third-order valence-corrected chi connectivity index (χ3v) is 3.83. The van der Waals surface area contributed by atoms with Crippen molar-refractivity contribution in [3.05, 3.63) is 18.2 Å². The van der Waals surface area contributed by atoms with Gasteiger partial charge in [-0.25, -0.2) is 0 Å². The van der Waals surface area contributed by atoms with Crippen LogP contribution in [0.15, 0.2) is 18.2 Å². The highest BCUT2D eigenvalue weighted by Gasteiger charge is 2.32. The van der Waals surface area contributed by atoms with Crippen molar-refractivity contribution in [2.75, 3.05) is 24.7 Å². The van der Waals surface area contributed by atoms with Crippen LogP contribution in [0.3, 0.4) is 0 Å². The molecule has 2 aliphatic rings. The molecule has 1 aromatic carbocycles. The van der Waals surface area contributed by atoms with Crippen LogP contribution in [0.2, 0.25) is 0 Å². The van der Waals surface area contributed by atoms with E-state index in [-0.39, 0.29) is 23.8 Å². The molecule has 2 heterocycles. The van der Waals surface area contributed by atoms with Gasteiger partial charge < -0.3 is 19.7 Å². The fourth-order valence-electron chi connectivity index (χ4n) is 2.62. The minimum atomic E-state index is -0.143. The second-order valence-electron chi connectivity index (χ2n) is 5.90. The second-order valence-corrected chi connectivity index (χ2v) is 5.90. The Morgan fingerprint density at radius 3 is 2.73 bits per heavy atom. The molecule has 1 aromatic rings. The highest BCUT2D eigenvalue weighted by molar-refractivity contribution is 5.97. The molecule has 0 aromatic heterocycles. The summed E-state index contributed by atoms with van der Waals surface area (Å²) >= 11 is 0. The summed E-state index contributed by atoms with van der Waals surface area (Å²) in [6.07, 6.45) is 0.326. The topological polar surface area (TPSA) is 67.9 Å². The number of nitrogens with one attached hydrogen (secondary N) is 1. The second kappa shape index (κ2) is 5.87. The Kier molecular flexibility index (Phi) is 3.92. The number of carbonyl (C=O) groups excluding carboxylic acids is 2. The monoisotopic (exact) mass is 304 g/mol. The first-order chi connectivity index (χ1) is 10.5. The predicted molar refractivity (Wildman–Crippen MR) is 81.2 cm³/mol. The van der Waals surface area contributed by atoms with Crippen molar-refractivity contribution >= 4 is 17.5 Å². The summed E-state index contributed by atoms with van der Waals surface area (Å²) in [6, 6.07) is 5.34. The van der Waals surface area contributed by atoms with E-state index < -0.39 is 0 Å². The van der Waals surface area contributed by atoms with Gasteiger partial charge in [-0.1, -0.05) is 13.8 Å². The average Bonchev–Trinajstić information content (AvgIpc) is 2.87. The molecule has 1 fully saturated rings. The van der Waals surface area contributed by atoms with Gasteiger partial charge in [0.2, 0.25) is 11.8 Å². The molecule has 1 saturated heterocycles. The molecule has 0 saturated carbocycles. The molecule has 0 bridgehead atoms.